The van der Waals surface area contributed by atoms with Gasteiger partial charge in [-0.2, -0.15) is 0 Å². The highest BCUT2D eigenvalue weighted by atomic mass is 16.5. The van der Waals surface area contributed by atoms with Gasteiger partial charge in [0, 0.05) is 5.69 Å². The molecule has 1 unspecified atom stereocenters. The molecule has 7 heteroatoms. The second kappa shape index (κ2) is 8.14. The molecule has 22 heavy (non-hydrogen) atoms. The zero-order chi connectivity index (χ0) is 16.7. The van der Waals surface area contributed by atoms with E-state index in [1.54, 1.807) is 0 Å². The average molecular weight is 308 g/mol. The molecule has 1 atom stereocenters. The molecule has 0 bridgehead atoms. The number of hydrogen-bond donors (Lipinski definition) is 2. The van der Waals surface area contributed by atoms with Crippen molar-refractivity contribution in [2.45, 2.75) is 25.8 Å². The van der Waals surface area contributed by atoms with Gasteiger partial charge < -0.3 is 20.5 Å². The monoisotopic (exact) mass is 308 g/mol. The number of esters is 2. The van der Waals surface area contributed by atoms with Crippen molar-refractivity contribution in [3.05, 3.63) is 29.3 Å². The van der Waals surface area contributed by atoms with Crippen molar-refractivity contribution < 1.29 is 23.9 Å². The lowest BCUT2D eigenvalue weighted by Crippen LogP contribution is -2.35. The van der Waals surface area contributed by atoms with Crippen LogP contribution in [0.4, 0.5) is 5.69 Å². The Balaban J connectivity index is 3.10. The standard InChI is InChI=1S/C15H20N2O5/c1-4-5-12(16)13(18)17-11-7-9(14(19)21-2)6-10(8-11)15(20)22-3/h6-8,12H,4-5,16H2,1-3H3,(H,17,18). The minimum atomic E-state index is -0.659. The maximum atomic E-state index is 11.9. The van der Waals surface area contributed by atoms with Crippen molar-refractivity contribution in [1.29, 1.82) is 0 Å². The Labute approximate surface area is 128 Å². The van der Waals surface area contributed by atoms with Crippen LogP contribution in [-0.2, 0) is 14.3 Å². The molecule has 0 heterocycles. The Morgan fingerprint density at radius 2 is 1.59 bits per heavy atom. The number of benzene rings is 1. The summed E-state index contributed by atoms with van der Waals surface area (Å²) < 4.78 is 9.24. The van der Waals surface area contributed by atoms with E-state index in [9.17, 15) is 14.4 Å². The predicted octanol–water partition coefficient (Wildman–Crippen LogP) is 1.33. The average Bonchev–Trinajstić information content (AvgIpc) is 2.52. The Kier molecular flexibility index (Phi) is 6.52. The number of methoxy groups -OCH3 is 2. The molecule has 0 saturated heterocycles. The first-order valence-electron chi connectivity index (χ1n) is 6.81. The van der Waals surface area contributed by atoms with Crippen molar-refractivity contribution in [2.24, 2.45) is 5.73 Å². The van der Waals surface area contributed by atoms with Gasteiger partial charge in [0.15, 0.2) is 0 Å². The molecule has 0 aliphatic rings. The highest BCUT2D eigenvalue weighted by molar-refractivity contribution is 6.00. The Hall–Kier alpha value is -2.41. The molecule has 1 rings (SSSR count). The van der Waals surface area contributed by atoms with Gasteiger partial charge in [-0.1, -0.05) is 13.3 Å². The van der Waals surface area contributed by atoms with E-state index in [2.05, 4.69) is 14.8 Å². The first kappa shape index (κ1) is 17.6. The third-order valence-corrected chi connectivity index (χ3v) is 2.98. The first-order valence-corrected chi connectivity index (χ1v) is 6.81. The van der Waals surface area contributed by atoms with Gasteiger partial charge in [0.2, 0.25) is 5.91 Å². The Morgan fingerprint density at radius 1 is 1.09 bits per heavy atom. The minimum absolute atomic E-state index is 0.129. The van der Waals surface area contributed by atoms with Gasteiger partial charge in [0.25, 0.3) is 0 Å². The SMILES string of the molecule is CCCC(N)C(=O)Nc1cc(C(=O)OC)cc(C(=O)OC)c1. The van der Waals surface area contributed by atoms with Crippen molar-refractivity contribution in [1.82, 2.24) is 0 Å². The third kappa shape index (κ3) is 4.56. The van der Waals surface area contributed by atoms with Gasteiger partial charge in [-0.15, -0.1) is 0 Å². The number of carbonyl (C=O) groups excluding carboxylic acids is 3. The quantitative estimate of drug-likeness (QED) is 0.767. The molecule has 3 N–H and O–H groups in total. The van der Waals surface area contributed by atoms with Crippen molar-refractivity contribution in [3.63, 3.8) is 0 Å². The molecule has 0 aliphatic carbocycles. The van der Waals surface area contributed by atoms with E-state index in [-0.39, 0.29) is 22.7 Å². The first-order chi connectivity index (χ1) is 10.4. The van der Waals surface area contributed by atoms with Crippen LogP contribution in [0.3, 0.4) is 0 Å². The summed E-state index contributed by atoms with van der Waals surface area (Å²) in [6, 6.07) is 3.50. The van der Waals surface area contributed by atoms with Crippen LogP contribution in [0.15, 0.2) is 18.2 Å². The third-order valence-electron chi connectivity index (χ3n) is 2.98. The molecule has 0 radical (unpaired) electrons. The van der Waals surface area contributed by atoms with Crippen LogP contribution in [0, 0.1) is 0 Å². The van der Waals surface area contributed by atoms with E-state index in [4.69, 9.17) is 5.73 Å². The number of carbonyl (C=O) groups is 3. The molecule has 1 amide bonds. The lowest BCUT2D eigenvalue weighted by Gasteiger charge is -2.13. The van der Waals surface area contributed by atoms with Crippen LogP contribution < -0.4 is 11.1 Å². The fourth-order valence-corrected chi connectivity index (χ4v) is 1.85. The number of ether oxygens (including phenoxy) is 2. The summed E-state index contributed by atoms with van der Waals surface area (Å²) >= 11 is 0. The molecule has 120 valence electrons. The van der Waals surface area contributed by atoms with E-state index in [1.807, 2.05) is 6.92 Å². The lowest BCUT2D eigenvalue weighted by molar-refractivity contribution is -0.117. The molecule has 0 spiro atoms. The summed E-state index contributed by atoms with van der Waals surface area (Å²) in [6.45, 7) is 1.92. The summed E-state index contributed by atoms with van der Waals surface area (Å²) in [5.74, 6) is -1.64. The number of rotatable bonds is 6. The summed E-state index contributed by atoms with van der Waals surface area (Å²) in [4.78, 5) is 35.2. The largest absolute Gasteiger partial charge is 0.465 e. The van der Waals surface area contributed by atoms with Crippen molar-refractivity contribution >= 4 is 23.5 Å². The lowest BCUT2D eigenvalue weighted by atomic mass is 10.1. The van der Waals surface area contributed by atoms with Gasteiger partial charge in [-0.25, -0.2) is 9.59 Å². The smallest absolute Gasteiger partial charge is 0.337 e. The summed E-state index contributed by atoms with van der Waals surface area (Å²) in [6.07, 6.45) is 1.30. The predicted molar refractivity (Wildman–Crippen MR) is 80.6 cm³/mol. The van der Waals surface area contributed by atoms with E-state index >= 15 is 0 Å². The van der Waals surface area contributed by atoms with Crippen molar-refractivity contribution in [2.75, 3.05) is 19.5 Å². The second-order valence-electron chi connectivity index (χ2n) is 4.67. The molecule has 0 saturated carbocycles. The van der Waals surface area contributed by atoms with Crippen LogP contribution >= 0.6 is 0 Å². The molecular formula is C15H20N2O5. The fourth-order valence-electron chi connectivity index (χ4n) is 1.85. The van der Waals surface area contributed by atoms with Gasteiger partial charge in [-0.05, 0) is 24.6 Å². The molecule has 0 aromatic heterocycles. The normalized spacial score (nSPS) is 11.5. The molecular weight excluding hydrogens is 288 g/mol. The number of hydrogen-bond acceptors (Lipinski definition) is 6. The zero-order valence-electron chi connectivity index (χ0n) is 12.8. The number of nitrogens with two attached hydrogens (primary N) is 1. The Bertz CT molecular complexity index is 537. The summed E-state index contributed by atoms with van der Waals surface area (Å²) in [7, 11) is 2.45. The van der Waals surface area contributed by atoms with E-state index in [0.29, 0.717) is 6.42 Å². The number of nitrogens with one attached hydrogen (secondary N) is 1. The molecule has 1 aromatic rings. The van der Waals surface area contributed by atoms with Crippen LogP contribution in [0.1, 0.15) is 40.5 Å². The topological polar surface area (TPSA) is 108 Å². The number of anilines is 1. The molecule has 0 aliphatic heterocycles. The van der Waals surface area contributed by atoms with E-state index in [0.717, 1.165) is 6.42 Å². The second-order valence-corrected chi connectivity index (χ2v) is 4.67. The zero-order valence-corrected chi connectivity index (χ0v) is 12.8. The van der Waals surface area contributed by atoms with Gasteiger partial charge in [0.05, 0.1) is 31.4 Å². The maximum Gasteiger partial charge on any atom is 0.337 e. The van der Waals surface area contributed by atoms with Crippen LogP contribution in [0.25, 0.3) is 0 Å². The highest BCUT2D eigenvalue weighted by Gasteiger charge is 2.17. The molecule has 1 aromatic carbocycles. The van der Waals surface area contributed by atoms with E-state index < -0.39 is 18.0 Å². The van der Waals surface area contributed by atoms with Crippen LogP contribution in [-0.4, -0.2) is 38.1 Å². The highest BCUT2D eigenvalue weighted by Crippen LogP contribution is 2.17. The van der Waals surface area contributed by atoms with Crippen LogP contribution in [0.5, 0.6) is 0 Å². The Morgan fingerprint density at radius 3 is 2.00 bits per heavy atom. The summed E-state index contributed by atoms with van der Waals surface area (Å²) in [5, 5.41) is 2.59. The molecule has 0 fully saturated rings. The molecule has 7 nitrogen and oxygen atoms in total. The van der Waals surface area contributed by atoms with Gasteiger partial charge in [-0.3, -0.25) is 4.79 Å². The van der Waals surface area contributed by atoms with Crippen LogP contribution in [0.2, 0.25) is 0 Å². The fraction of sp³-hybridized carbons (Fsp3) is 0.400. The van der Waals surface area contributed by atoms with E-state index in [1.165, 1.54) is 32.4 Å². The minimum Gasteiger partial charge on any atom is -0.465 e. The van der Waals surface area contributed by atoms with Gasteiger partial charge >= 0.3 is 11.9 Å². The summed E-state index contributed by atoms with van der Waals surface area (Å²) in [5.41, 5.74) is 6.26. The number of amides is 1. The van der Waals surface area contributed by atoms with Crippen molar-refractivity contribution in [3.8, 4) is 0 Å². The van der Waals surface area contributed by atoms with Gasteiger partial charge in [0.1, 0.15) is 0 Å². The maximum absolute atomic E-state index is 11.9.